The highest BCUT2D eigenvalue weighted by atomic mass is 19.2. The van der Waals surface area contributed by atoms with E-state index in [4.69, 9.17) is 0 Å². The molecular formula is C13H8F4. The van der Waals surface area contributed by atoms with Crippen molar-refractivity contribution >= 4 is 0 Å². The van der Waals surface area contributed by atoms with Gasteiger partial charge in [-0.3, -0.25) is 0 Å². The van der Waals surface area contributed by atoms with Crippen LogP contribution in [0.5, 0.6) is 0 Å². The third-order valence-electron chi connectivity index (χ3n) is 2.39. The van der Waals surface area contributed by atoms with Crippen molar-refractivity contribution in [2.75, 3.05) is 0 Å². The van der Waals surface area contributed by atoms with Gasteiger partial charge < -0.3 is 0 Å². The highest BCUT2D eigenvalue weighted by Gasteiger charge is 2.07. The lowest BCUT2D eigenvalue weighted by molar-refractivity contribution is 0.507. The maximum absolute atomic E-state index is 13.3. The predicted octanol–water partition coefficient (Wildman–Crippen LogP) is 3.83. The number of rotatable bonds is 2. The van der Waals surface area contributed by atoms with Gasteiger partial charge in [-0.2, -0.15) is 0 Å². The van der Waals surface area contributed by atoms with E-state index in [1.807, 2.05) is 0 Å². The van der Waals surface area contributed by atoms with Crippen molar-refractivity contribution in [2.24, 2.45) is 0 Å². The first-order chi connectivity index (χ1) is 8.06. The third-order valence-corrected chi connectivity index (χ3v) is 2.39. The molecule has 0 bridgehead atoms. The molecule has 0 aliphatic carbocycles. The van der Waals surface area contributed by atoms with E-state index in [1.54, 1.807) is 0 Å². The fourth-order valence-corrected chi connectivity index (χ4v) is 1.53. The largest absolute Gasteiger partial charge is 0.207 e. The van der Waals surface area contributed by atoms with E-state index in [1.165, 1.54) is 12.1 Å². The molecule has 0 saturated heterocycles. The Bertz CT molecular complexity index is 549. The van der Waals surface area contributed by atoms with Gasteiger partial charge in [0.05, 0.1) is 0 Å². The molecule has 17 heavy (non-hydrogen) atoms. The quantitative estimate of drug-likeness (QED) is 0.700. The van der Waals surface area contributed by atoms with Gasteiger partial charge in [0.25, 0.3) is 0 Å². The van der Waals surface area contributed by atoms with E-state index in [2.05, 4.69) is 0 Å². The topological polar surface area (TPSA) is 0 Å². The molecule has 0 aromatic heterocycles. The van der Waals surface area contributed by atoms with Crippen LogP contribution in [0.3, 0.4) is 0 Å². The molecule has 0 aliphatic rings. The molecule has 0 nitrogen and oxygen atoms in total. The van der Waals surface area contributed by atoms with Crippen LogP contribution in [0, 0.1) is 23.3 Å². The lowest BCUT2D eigenvalue weighted by Gasteiger charge is -2.04. The van der Waals surface area contributed by atoms with Crippen LogP contribution in [0.15, 0.2) is 36.4 Å². The Morgan fingerprint density at radius 2 is 1.47 bits per heavy atom. The Hall–Kier alpha value is -1.84. The molecule has 2 aromatic carbocycles. The molecule has 0 atom stereocenters. The minimum atomic E-state index is -0.981. The van der Waals surface area contributed by atoms with Crippen molar-refractivity contribution in [3.8, 4) is 0 Å². The van der Waals surface area contributed by atoms with Crippen molar-refractivity contribution < 1.29 is 17.6 Å². The molecule has 88 valence electrons. The molecule has 4 heteroatoms. The zero-order valence-corrected chi connectivity index (χ0v) is 8.68. The van der Waals surface area contributed by atoms with Crippen LogP contribution in [0.1, 0.15) is 11.1 Å². The number of hydrogen-bond acceptors (Lipinski definition) is 0. The lowest BCUT2D eigenvalue weighted by Crippen LogP contribution is -1.95. The van der Waals surface area contributed by atoms with Gasteiger partial charge >= 0.3 is 0 Å². The second kappa shape index (κ2) is 4.57. The van der Waals surface area contributed by atoms with E-state index in [0.717, 1.165) is 24.3 Å². The fraction of sp³-hybridized carbons (Fsp3) is 0.0769. The Kier molecular flexibility index (Phi) is 3.13. The first-order valence-corrected chi connectivity index (χ1v) is 4.94. The minimum absolute atomic E-state index is 0.0866. The maximum Gasteiger partial charge on any atom is 0.159 e. The summed E-state index contributed by atoms with van der Waals surface area (Å²) in [7, 11) is 0. The van der Waals surface area contributed by atoms with Crippen LogP contribution in [-0.4, -0.2) is 0 Å². The molecule has 2 aromatic rings. The van der Waals surface area contributed by atoms with Gasteiger partial charge in [-0.05, 0) is 29.3 Å². The van der Waals surface area contributed by atoms with Crippen molar-refractivity contribution in [1.82, 2.24) is 0 Å². The number of benzene rings is 2. The molecule has 0 fully saturated rings. The van der Waals surface area contributed by atoms with Crippen molar-refractivity contribution in [2.45, 2.75) is 6.42 Å². The summed E-state index contributed by atoms with van der Waals surface area (Å²) in [6.07, 6.45) is 0.0866. The molecule has 0 N–H and O–H groups in total. The van der Waals surface area contributed by atoms with Crippen LogP contribution in [0.25, 0.3) is 0 Å². The van der Waals surface area contributed by atoms with Gasteiger partial charge in [0.15, 0.2) is 11.6 Å². The first-order valence-electron chi connectivity index (χ1n) is 4.94. The summed E-state index contributed by atoms with van der Waals surface area (Å²) in [5.74, 6) is -3.30. The summed E-state index contributed by atoms with van der Waals surface area (Å²) < 4.78 is 51.6. The summed E-state index contributed by atoms with van der Waals surface area (Å²) in [5, 5.41) is 0. The van der Waals surface area contributed by atoms with Crippen molar-refractivity contribution in [1.29, 1.82) is 0 Å². The highest BCUT2D eigenvalue weighted by molar-refractivity contribution is 5.28. The van der Waals surface area contributed by atoms with E-state index in [9.17, 15) is 17.6 Å². The lowest BCUT2D eigenvalue weighted by atomic mass is 10.0. The van der Waals surface area contributed by atoms with Gasteiger partial charge in [-0.25, -0.2) is 17.6 Å². The SMILES string of the molecule is Fc1ccc(Cc2ccc(F)c(F)c2)c(F)c1. The van der Waals surface area contributed by atoms with Crippen molar-refractivity contribution in [3.05, 3.63) is 70.8 Å². The van der Waals surface area contributed by atoms with Crippen LogP contribution in [-0.2, 0) is 6.42 Å². The summed E-state index contributed by atoms with van der Waals surface area (Å²) in [5.41, 5.74) is 0.659. The zero-order chi connectivity index (χ0) is 12.4. The van der Waals surface area contributed by atoms with Crippen molar-refractivity contribution in [3.63, 3.8) is 0 Å². The fourth-order valence-electron chi connectivity index (χ4n) is 1.53. The smallest absolute Gasteiger partial charge is 0.159 e. The van der Waals surface area contributed by atoms with Gasteiger partial charge in [0.2, 0.25) is 0 Å². The van der Waals surface area contributed by atoms with E-state index >= 15 is 0 Å². The number of halogens is 4. The monoisotopic (exact) mass is 240 g/mol. The van der Waals surface area contributed by atoms with Crippen LogP contribution in [0.2, 0.25) is 0 Å². The molecule has 0 radical (unpaired) electrons. The molecule has 0 spiro atoms. The predicted molar refractivity (Wildman–Crippen MR) is 55.5 cm³/mol. The van der Waals surface area contributed by atoms with E-state index < -0.39 is 23.3 Å². The first kappa shape index (κ1) is 11.6. The Morgan fingerprint density at radius 3 is 2.12 bits per heavy atom. The maximum atomic E-state index is 13.3. The van der Waals surface area contributed by atoms with Gasteiger partial charge in [0, 0.05) is 12.5 Å². The summed E-state index contributed by atoms with van der Waals surface area (Å²) in [4.78, 5) is 0. The molecule has 0 amide bonds. The number of hydrogen-bond donors (Lipinski definition) is 0. The van der Waals surface area contributed by atoms with Gasteiger partial charge in [0.1, 0.15) is 11.6 Å². The molecule has 2 rings (SSSR count). The van der Waals surface area contributed by atoms with E-state index in [-0.39, 0.29) is 12.0 Å². The van der Waals surface area contributed by atoms with Crippen LogP contribution >= 0.6 is 0 Å². The molecule has 0 unspecified atom stereocenters. The highest BCUT2D eigenvalue weighted by Crippen LogP contribution is 2.16. The summed E-state index contributed by atoms with van der Waals surface area (Å²) in [6.45, 7) is 0. The third kappa shape index (κ3) is 2.64. The summed E-state index contributed by atoms with van der Waals surface area (Å²) >= 11 is 0. The van der Waals surface area contributed by atoms with Crippen LogP contribution in [0.4, 0.5) is 17.6 Å². The van der Waals surface area contributed by atoms with Crippen LogP contribution < -0.4 is 0 Å². The average Bonchev–Trinajstić information content (AvgIpc) is 2.27. The van der Waals surface area contributed by atoms with Gasteiger partial charge in [-0.1, -0.05) is 12.1 Å². The minimum Gasteiger partial charge on any atom is -0.207 e. The van der Waals surface area contributed by atoms with E-state index in [0.29, 0.717) is 5.56 Å². The Labute approximate surface area is 95.5 Å². The molecule has 0 aliphatic heterocycles. The molecular weight excluding hydrogens is 232 g/mol. The summed E-state index contributed by atoms with van der Waals surface area (Å²) in [6, 6.07) is 6.50. The Morgan fingerprint density at radius 1 is 0.706 bits per heavy atom. The second-order valence-electron chi connectivity index (χ2n) is 3.66. The normalized spacial score (nSPS) is 10.6. The average molecular weight is 240 g/mol. The molecule has 0 saturated carbocycles. The molecule has 0 heterocycles. The van der Waals surface area contributed by atoms with Gasteiger partial charge in [-0.15, -0.1) is 0 Å². The zero-order valence-electron chi connectivity index (χ0n) is 8.68. The standard InChI is InChI=1S/C13H8F4/c14-10-3-2-9(12(16)7-10)5-8-1-4-11(15)13(17)6-8/h1-4,6-7H,5H2. The Balaban J connectivity index is 2.28. The second-order valence-corrected chi connectivity index (χ2v) is 3.66.